The third-order valence-corrected chi connectivity index (χ3v) is 4.09. The van der Waals surface area contributed by atoms with Gasteiger partial charge in [0.15, 0.2) is 0 Å². The summed E-state index contributed by atoms with van der Waals surface area (Å²) in [5.41, 5.74) is 8.69. The van der Waals surface area contributed by atoms with Gasteiger partial charge in [-0.25, -0.2) is 4.79 Å². The molecule has 114 valence electrons. The molecule has 0 unspecified atom stereocenters. The standard InChI is InChI=1S/C17H23NO3/c1-5-13(18)8-9-20-15-7-6-14-10(2)11(3)17(19)21-16(14)12(15)4/h6-7,13H,5,8-9,18H2,1-4H3/t13-/m0/s1. The van der Waals surface area contributed by atoms with E-state index < -0.39 is 0 Å². The van der Waals surface area contributed by atoms with E-state index in [9.17, 15) is 4.79 Å². The molecule has 0 aliphatic rings. The van der Waals surface area contributed by atoms with Gasteiger partial charge in [-0.3, -0.25) is 0 Å². The number of hydrogen-bond acceptors (Lipinski definition) is 4. The average molecular weight is 289 g/mol. The third kappa shape index (κ3) is 3.10. The fourth-order valence-corrected chi connectivity index (χ4v) is 2.31. The van der Waals surface area contributed by atoms with Crippen LogP contribution in [0.2, 0.25) is 0 Å². The van der Waals surface area contributed by atoms with Gasteiger partial charge >= 0.3 is 5.63 Å². The minimum Gasteiger partial charge on any atom is -0.493 e. The molecule has 4 heteroatoms. The molecule has 1 atom stereocenters. The highest BCUT2D eigenvalue weighted by Crippen LogP contribution is 2.29. The zero-order valence-corrected chi connectivity index (χ0v) is 13.2. The van der Waals surface area contributed by atoms with Gasteiger partial charge < -0.3 is 14.9 Å². The number of aryl methyl sites for hydroxylation is 2. The lowest BCUT2D eigenvalue weighted by atomic mass is 10.0. The molecule has 0 saturated carbocycles. The second-order valence-electron chi connectivity index (χ2n) is 5.51. The summed E-state index contributed by atoms with van der Waals surface area (Å²) in [5.74, 6) is 0.747. The van der Waals surface area contributed by atoms with Gasteiger partial charge in [0.05, 0.1) is 6.61 Å². The van der Waals surface area contributed by atoms with Crippen molar-refractivity contribution in [2.75, 3.05) is 6.61 Å². The summed E-state index contributed by atoms with van der Waals surface area (Å²) in [5, 5.41) is 0.960. The Morgan fingerprint density at radius 2 is 1.90 bits per heavy atom. The predicted octanol–water partition coefficient (Wildman–Crippen LogP) is 3.22. The van der Waals surface area contributed by atoms with Crippen LogP contribution in [0.5, 0.6) is 5.75 Å². The van der Waals surface area contributed by atoms with E-state index in [4.69, 9.17) is 14.9 Å². The summed E-state index contributed by atoms with van der Waals surface area (Å²) >= 11 is 0. The van der Waals surface area contributed by atoms with Crippen molar-refractivity contribution in [3.8, 4) is 5.75 Å². The average Bonchev–Trinajstić information content (AvgIpc) is 2.47. The number of fused-ring (bicyclic) bond motifs is 1. The molecule has 2 aromatic rings. The van der Waals surface area contributed by atoms with E-state index >= 15 is 0 Å². The first-order chi connectivity index (χ1) is 9.95. The molecule has 0 spiro atoms. The third-order valence-electron chi connectivity index (χ3n) is 4.09. The summed E-state index contributed by atoms with van der Waals surface area (Å²) in [4.78, 5) is 11.8. The van der Waals surface area contributed by atoms with Crippen LogP contribution in [0.1, 0.15) is 36.5 Å². The van der Waals surface area contributed by atoms with Crippen LogP contribution in [0, 0.1) is 20.8 Å². The quantitative estimate of drug-likeness (QED) is 0.858. The lowest BCUT2D eigenvalue weighted by molar-refractivity contribution is 0.294. The Morgan fingerprint density at radius 1 is 1.19 bits per heavy atom. The van der Waals surface area contributed by atoms with Gasteiger partial charge in [0.1, 0.15) is 11.3 Å². The summed E-state index contributed by atoms with van der Waals surface area (Å²) in [6.07, 6.45) is 1.75. The number of benzene rings is 1. The van der Waals surface area contributed by atoms with Crippen LogP contribution in [-0.2, 0) is 0 Å². The second-order valence-corrected chi connectivity index (χ2v) is 5.51. The first kappa shape index (κ1) is 15.6. The first-order valence-electron chi connectivity index (χ1n) is 7.37. The van der Waals surface area contributed by atoms with Crippen molar-refractivity contribution in [3.05, 3.63) is 39.2 Å². The van der Waals surface area contributed by atoms with E-state index in [1.807, 2.05) is 26.0 Å². The van der Waals surface area contributed by atoms with Crippen molar-refractivity contribution in [2.45, 2.75) is 46.6 Å². The molecule has 0 aliphatic heterocycles. The normalized spacial score (nSPS) is 12.6. The van der Waals surface area contributed by atoms with Gasteiger partial charge in [0.2, 0.25) is 0 Å². The van der Waals surface area contributed by atoms with Crippen molar-refractivity contribution >= 4 is 11.0 Å². The van der Waals surface area contributed by atoms with Gasteiger partial charge in [-0.1, -0.05) is 6.92 Å². The number of ether oxygens (including phenoxy) is 1. The van der Waals surface area contributed by atoms with Crippen LogP contribution in [0.25, 0.3) is 11.0 Å². The first-order valence-corrected chi connectivity index (χ1v) is 7.37. The zero-order valence-electron chi connectivity index (χ0n) is 13.2. The maximum Gasteiger partial charge on any atom is 0.339 e. The van der Waals surface area contributed by atoms with Crippen molar-refractivity contribution < 1.29 is 9.15 Å². The minimum absolute atomic E-state index is 0.161. The molecule has 2 rings (SSSR count). The van der Waals surface area contributed by atoms with Crippen LogP contribution in [-0.4, -0.2) is 12.6 Å². The van der Waals surface area contributed by atoms with Gasteiger partial charge in [-0.15, -0.1) is 0 Å². The minimum atomic E-state index is -0.284. The van der Waals surface area contributed by atoms with Gasteiger partial charge in [-0.05, 0) is 51.3 Å². The monoisotopic (exact) mass is 289 g/mol. The lowest BCUT2D eigenvalue weighted by Gasteiger charge is -2.14. The molecule has 1 heterocycles. The summed E-state index contributed by atoms with van der Waals surface area (Å²) < 4.78 is 11.2. The highest BCUT2D eigenvalue weighted by Gasteiger charge is 2.13. The van der Waals surface area contributed by atoms with E-state index in [2.05, 4.69) is 6.92 Å². The second kappa shape index (κ2) is 6.31. The smallest absolute Gasteiger partial charge is 0.339 e. The highest BCUT2D eigenvalue weighted by atomic mass is 16.5. The molecular weight excluding hydrogens is 266 g/mol. The summed E-state index contributed by atoms with van der Waals surface area (Å²) in [6.45, 7) is 8.26. The molecule has 1 aromatic heterocycles. The highest BCUT2D eigenvalue weighted by molar-refractivity contribution is 5.85. The van der Waals surface area contributed by atoms with Gasteiger partial charge in [0, 0.05) is 22.6 Å². The molecule has 4 nitrogen and oxygen atoms in total. The topological polar surface area (TPSA) is 65.5 Å². The molecule has 0 fully saturated rings. The molecule has 0 radical (unpaired) electrons. The van der Waals surface area contributed by atoms with Crippen molar-refractivity contribution in [3.63, 3.8) is 0 Å². The molecule has 1 aromatic carbocycles. The largest absolute Gasteiger partial charge is 0.493 e. The molecule has 0 bridgehead atoms. The fourth-order valence-electron chi connectivity index (χ4n) is 2.31. The maximum absolute atomic E-state index is 11.8. The number of nitrogens with two attached hydrogens (primary N) is 1. The van der Waals surface area contributed by atoms with E-state index in [0.29, 0.717) is 17.8 Å². The van der Waals surface area contributed by atoms with Crippen LogP contribution in [0.3, 0.4) is 0 Å². The molecule has 0 amide bonds. The van der Waals surface area contributed by atoms with Crippen molar-refractivity contribution in [1.82, 2.24) is 0 Å². The Balaban J connectivity index is 2.34. The van der Waals surface area contributed by atoms with Gasteiger partial charge in [0.25, 0.3) is 0 Å². The van der Waals surface area contributed by atoms with Crippen LogP contribution in [0.4, 0.5) is 0 Å². The van der Waals surface area contributed by atoms with Crippen molar-refractivity contribution in [2.24, 2.45) is 5.73 Å². The van der Waals surface area contributed by atoms with E-state index in [0.717, 1.165) is 35.1 Å². The van der Waals surface area contributed by atoms with Crippen molar-refractivity contribution in [1.29, 1.82) is 0 Å². The Kier molecular flexibility index (Phi) is 4.68. The Morgan fingerprint density at radius 3 is 2.57 bits per heavy atom. The van der Waals surface area contributed by atoms with E-state index in [-0.39, 0.29) is 11.7 Å². The lowest BCUT2D eigenvalue weighted by Crippen LogP contribution is -2.21. The van der Waals surface area contributed by atoms with Crippen LogP contribution < -0.4 is 16.1 Å². The van der Waals surface area contributed by atoms with Gasteiger partial charge in [-0.2, -0.15) is 0 Å². The molecule has 21 heavy (non-hydrogen) atoms. The fraction of sp³-hybridized carbons (Fsp3) is 0.471. The van der Waals surface area contributed by atoms with Crippen LogP contribution >= 0.6 is 0 Å². The van der Waals surface area contributed by atoms with Crippen LogP contribution in [0.15, 0.2) is 21.3 Å². The number of hydrogen-bond donors (Lipinski definition) is 1. The number of rotatable bonds is 5. The predicted molar refractivity (Wildman–Crippen MR) is 85.1 cm³/mol. The zero-order chi connectivity index (χ0) is 15.6. The summed E-state index contributed by atoms with van der Waals surface area (Å²) in [7, 11) is 0. The molecular formula is C17H23NO3. The summed E-state index contributed by atoms with van der Waals surface area (Å²) in [6, 6.07) is 4.04. The molecule has 0 saturated heterocycles. The molecule has 0 aliphatic carbocycles. The Bertz CT molecular complexity index is 703. The molecule has 2 N–H and O–H groups in total. The van der Waals surface area contributed by atoms with E-state index in [1.165, 1.54) is 0 Å². The van der Waals surface area contributed by atoms with E-state index in [1.54, 1.807) is 6.92 Å². The maximum atomic E-state index is 11.8. The Hall–Kier alpha value is -1.81. The SMILES string of the molecule is CC[C@H](N)CCOc1ccc2c(C)c(C)c(=O)oc2c1C. The Labute approximate surface area is 124 Å².